The van der Waals surface area contributed by atoms with Gasteiger partial charge in [-0.15, -0.1) is 10.2 Å². The second kappa shape index (κ2) is 10.5. The predicted octanol–water partition coefficient (Wildman–Crippen LogP) is 5.89. The zero-order chi connectivity index (χ0) is 18.7. The highest BCUT2D eigenvalue weighted by molar-refractivity contribution is 5.63. The molecule has 0 unspecified atom stereocenters. The topological polar surface area (TPSA) is 51.6 Å². The Morgan fingerprint density at radius 3 is 2.00 bits per heavy atom. The normalized spacial score (nSPS) is 10.9. The number of pyridine rings is 2. The summed E-state index contributed by atoms with van der Waals surface area (Å²) in [7, 11) is 0. The molecule has 0 amide bonds. The average Bonchev–Trinajstić information content (AvgIpc) is 2.74. The summed E-state index contributed by atoms with van der Waals surface area (Å²) in [5.74, 6) is 0. The van der Waals surface area contributed by atoms with Crippen molar-refractivity contribution in [1.29, 1.82) is 0 Å². The maximum atomic E-state index is 4.51. The van der Waals surface area contributed by atoms with E-state index in [0.29, 0.717) is 0 Å². The van der Waals surface area contributed by atoms with Crippen LogP contribution in [-0.2, 0) is 6.42 Å². The van der Waals surface area contributed by atoms with Crippen molar-refractivity contribution in [2.24, 2.45) is 0 Å². The lowest BCUT2D eigenvalue weighted by Gasteiger charge is -2.10. The summed E-state index contributed by atoms with van der Waals surface area (Å²) < 4.78 is 0. The fourth-order valence-corrected chi connectivity index (χ4v) is 3.25. The van der Waals surface area contributed by atoms with Crippen LogP contribution >= 0.6 is 0 Å². The molecular weight excluding hydrogens is 332 g/mol. The molecule has 0 bridgehead atoms. The van der Waals surface area contributed by atoms with Crippen molar-refractivity contribution in [2.45, 2.75) is 58.3 Å². The molecule has 3 aromatic heterocycles. The number of aromatic nitrogens is 4. The molecule has 4 nitrogen and oxygen atoms in total. The van der Waals surface area contributed by atoms with E-state index in [-0.39, 0.29) is 0 Å². The molecule has 0 aliphatic carbocycles. The molecule has 0 radical (unpaired) electrons. The molecular formula is C23H28N4. The molecule has 0 spiro atoms. The van der Waals surface area contributed by atoms with Crippen molar-refractivity contribution in [1.82, 2.24) is 20.2 Å². The highest BCUT2D eigenvalue weighted by Crippen LogP contribution is 2.24. The molecule has 0 aliphatic heterocycles. The summed E-state index contributed by atoms with van der Waals surface area (Å²) in [4.78, 5) is 8.88. The van der Waals surface area contributed by atoms with Crippen molar-refractivity contribution in [3.63, 3.8) is 0 Å². The number of rotatable bonds is 10. The highest BCUT2D eigenvalue weighted by Gasteiger charge is 2.12. The van der Waals surface area contributed by atoms with Gasteiger partial charge in [-0.05, 0) is 48.7 Å². The van der Waals surface area contributed by atoms with Gasteiger partial charge < -0.3 is 0 Å². The Hall–Kier alpha value is -2.62. The maximum absolute atomic E-state index is 4.51. The highest BCUT2D eigenvalue weighted by atomic mass is 15.1. The number of aryl methyl sites for hydroxylation is 1. The predicted molar refractivity (Wildman–Crippen MR) is 110 cm³/mol. The molecule has 0 saturated carbocycles. The maximum Gasteiger partial charge on any atom is 0.115 e. The number of unbranched alkanes of at least 4 members (excludes halogenated alkanes) is 6. The third-order valence-corrected chi connectivity index (χ3v) is 4.76. The van der Waals surface area contributed by atoms with Gasteiger partial charge in [-0.2, -0.15) is 0 Å². The fourth-order valence-electron chi connectivity index (χ4n) is 3.25. The lowest BCUT2D eigenvalue weighted by atomic mass is 10.0. The van der Waals surface area contributed by atoms with Crippen LogP contribution in [0.15, 0.2) is 54.9 Å². The van der Waals surface area contributed by atoms with Gasteiger partial charge in [-0.3, -0.25) is 9.97 Å². The standard InChI is InChI=1S/C23H28N4/c1-2-3-4-5-6-7-8-13-19-18-22(20-14-9-11-16-24-20)26-27-23(19)21-15-10-12-17-25-21/h9-12,14-18H,2-8,13H2,1H3. The Labute approximate surface area is 162 Å². The average molecular weight is 361 g/mol. The van der Waals surface area contributed by atoms with Crippen molar-refractivity contribution < 1.29 is 0 Å². The molecule has 0 aromatic carbocycles. The molecule has 3 rings (SSSR count). The van der Waals surface area contributed by atoms with E-state index in [2.05, 4.69) is 33.2 Å². The van der Waals surface area contributed by atoms with Gasteiger partial charge in [0.25, 0.3) is 0 Å². The first-order valence-corrected chi connectivity index (χ1v) is 10.1. The van der Waals surface area contributed by atoms with Crippen molar-refractivity contribution in [3.8, 4) is 22.8 Å². The van der Waals surface area contributed by atoms with E-state index < -0.39 is 0 Å². The molecule has 27 heavy (non-hydrogen) atoms. The second-order valence-corrected chi connectivity index (χ2v) is 6.90. The first kappa shape index (κ1) is 19.2. The van der Waals surface area contributed by atoms with Crippen LogP contribution in [-0.4, -0.2) is 20.2 Å². The summed E-state index contributed by atoms with van der Waals surface area (Å²) in [5.41, 5.74) is 4.67. The zero-order valence-corrected chi connectivity index (χ0v) is 16.1. The van der Waals surface area contributed by atoms with Crippen LogP contribution in [0.3, 0.4) is 0 Å². The van der Waals surface area contributed by atoms with Gasteiger partial charge in [-0.1, -0.05) is 57.6 Å². The smallest absolute Gasteiger partial charge is 0.115 e. The summed E-state index contributed by atoms with van der Waals surface area (Å²) in [5, 5.41) is 8.92. The second-order valence-electron chi connectivity index (χ2n) is 6.90. The molecule has 4 heteroatoms. The van der Waals surface area contributed by atoms with Gasteiger partial charge in [0.15, 0.2) is 0 Å². The van der Waals surface area contributed by atoms with Gasteiger partial charge in [0.05, 0.1) is 11.4 Å². The first-order valence-electron chi connectivity index (χ1n) is 10.1. The quantitative estimate of drug-likeness (QED) is 0.423. The molecule has 3 aromatic rings. The molecule has 3 heterocycles. The Kier molecular flexibility index (Phi) is 7.45. The van der Waals surface area contributed by atoms with Crippen LogP contribution in [0.4, 0.5) is 0 Å². The SMILES string of the molecule is CCCCCCCCCc1cc(-c2ccccn2)nnc1-c1ccccn1. The zero-order valence-electron chi connectivity index (χ0n) is 16.1. The summed E-state index contributed by atoms with van der Waals surface area (Å²) in [6.45, 7) is 2.26. The minimum atomic E-state index is 0.827. The van der Waals surface area contributed by atoms with Crippen LogP contribution in [0, 0.1) is 0 Å². The lowest BCUT2D eigenvalue weighted by Crippen LogP contribution is -2.00. The van der Waals surface area contributed by atoms with Gasteiger partial charge >= 0.3 is 0 Å². The van der Waals surface area contributed by atoms with E-state index in [1.165, 1.54) is 50.5 Å². The minimum absolute atomic E-state index is 0.827. The van der Waals surface area contributed by atoms with Gasteiger partial charge in [0, 0.05) is 12.4 Å². The van der Waals surface area contributed by atoms with Gasteiger partial charge in [0.1, 0.15) is 11.4 Å². The molecule has 0 aliphatic rings. The molecule has 0 N–H and O–H groups in total. The fraction of sp³-hybridized carbons (Fsp3) is 0.391. The minimum Gasteiger partial charge on any atom is -0.255 e. The Morgan fingerprint density at radius 1 is 0.667 bits per heavy atom. The summed E-state index contributed by atoms with van der Waals surface area (Å²) in [6, 6.07) is 13.9. The number of nitrogens with zero attached hydrogens (tertiary/aromatic N) is 4. The van der Waals surface area contributed by atoms with Crippen molar-refractivity contribution in [2.75, 3.05) is 0 Å². The molecule has 140 valence electrons. The van der Waals surface area contributed by atoms with Crippen LogP contribution < -0.4 is 0 Å². The van der Waals surface area contributed by atoms with Crippen LogP contribution in [0.1, 0.15) is 57.4 Å². The van der Waals surface area contributed by atoms with E-state index in [1.807, 2.05) is 36.4 Å². The Bertz CT molecular complexity index is 803. The van der Waals surface area contributed by atoms with E-state index in [1.54, 1.807) is 12.4 Å². The van der Waals surface area contributed by atoms with Crippen molar-refractivity contribution >= 4 is 0 Å². The van der Waals surface area contributed by atoms with E-state index in [9.17, 15) is 0 Å². The molecule has 0 saturated heterocycles. The third kappa shape index (κ3) is 5.68. The van der Waals surface area contributed by atoms with Gasteiger partial charge in [0.2, 0.25) is 0 Å². The van der Waals surface area contributed by atoms with E-state index in [0.717, 1.165) is 29.2 Å². The van der Waals surface area contributed by atoms with Gasteiger partial charge in [-0.25, -0.2) is 0 Å². The summed E-state index contributed by atoms with van der Waals surface area (Å²) in [6.07, 6.45) is 13.7. The van der Waals surface area contributed by atoms with Crippen LogP contribution in [0.25, 0.3) is 22.8 Å². The number of hydrogen-bond acceptors (Lipinski definition) is 4. The monoisotopic (exact) mass is 360 g/mol. The first-order chi connectivity index (χ1) is 13.4. The lowest BCUT2D eigenvalue weighted by molar-refractivity contribution is 0.589. The largest absolute Gasteiger partial charge is 0.255 e. The van der Waals surface area contributed by atoms with E-state index >= 15 is 0 Å². The third-order valence-electron chi connectivity index (χ3n) is 4.76. The van der Waals surface area contributed by atoms with Crippen LogP contribution in [0.5, 0.6) is 0 Å². The molecule has 0 fully saturated rings. The summed E-state index contributed by atoms with van der Waals surface area (Å²) >= 11 is 0. The Morgan fingerprint density at radius 2 is 1.33 bits per heavy atom. The Balaban J connectivity index is 1.74. The van der Waals surface area contributed by atoms with Crippen LogP contribution in [0.2, 0.25) is 0 Å². The number of hydrogen-bond donors (Lipinski definition) is 0. The van der Waals surface area contributed by atoms with E-state index in [4.69, 9.17) is 0 Å². The molecule has 0 atom stereocenters. The van der Waals surface area contributed by atoms with Crippen molar-refractivity contribution in [3.05, 3.63) is 60.4 Å².